The van der Waals surface area contributed by atoms with E-state index in [2.05, 4.69) is 58.2 Å². The van der Waals surface area contributed by atoms with Gasteiger partial charge < -0.3 is 9.88 Å². The van der Waals surface area contributed by atoms with Crippen LogP contribution in [0.15, 0.2) is 24.3 Å². The van der Waals surface area contributed by atoms with Gasteiger partial charge >= 0.3 is 0 Å². The largest absolute Gasteiger partial charge is 0.346 e. The van der Waals surface area contributed by atoms with Crippen LogP contribution in [0.2, 0.25) is 0 Å². The first kappa shape index (κ1) is 16.7. The Morgan fingerprint density at radius 2 is 1.88 bits per heavy atom. The maximum absolute atomic E-state index is 12.3. The molecular weight excluding hydrogens is 300 g/mol. The van der Waals surface area contributed by atoms with Gasteiger partial charge in [-0.1, -0.05) is 38.1 Å². The van der Waals surface area contributed by atoms with E-state index in [1.54, 1.807) is 0 Å². The van der Waals surface area contributed by atoms with Crippen LogP contribution < -0.4 is 5.32 Å². The van der Waals surface area contributed by atoms with E-state index in [1.165, 1.54) is 5.56 Å². The predicted octanol–water partition coefficient (Wildman–Crippen LogP) is 2.84. The highest BCUT2D eigenvalue weighted by molar-refractivity contribution is 5.78. The summed E-state index contributed by atoms with van der Waals surface area (Å²) in [6.45, 7) is 7.35. The zero-order valence-electron chi connectivity index (χ0n) is 14.7. The van der Waals surface area contributed by atoms with Gasteiger partial charge in [-0.05, 0) is 36.8 Å². The number of hydrogen-bond acceptors (Lipinski definition) is 3. The molecule has 1 aromatic heterocycles. The molecule has 0 spiro atoms. The van der Waals surface area contributed by atoms with Gasteiger partial charge in [-0.15, -0.1) is 10.2 Å². The normalized spacial score (nSPS) is 14.7. The number of carbonyl (C=O) groups excluding carboxylic acids is 1. The van der Waals surface area contributed by atoms with Crippen LogP contribution in [0.4, 0.5) is 0 Å². The van der Waals surface area contributed by atoms with Crippen LogP contribution in [0, 0.1) is 5.92 Å². The maximum atomic E-state index is 12.3. The molecule has 2 heterocycles. The van der Waals surface area contributed by atoms with Gasteiger partial charge in [-0.2, -0.15) is 0 Å². The molecule has 1 N–H and O–H groups in total. The summed E-state index contributed by atoms with van der Waals surface area (Å²) in [7, 11) is 0. The van der Waals surface area contributed by atoms with Gasteiger partial charge in [0.15, 0.2) is 5.82 Å². The molecule has 128 valence electrons. The maximum Gasteiger partial charge on any atom is 0.224 e. The molecule has 0 radical (unpaired) electrons. The van der Waals surface area contributed by atoms with E-state index >= 15 is 0 Å². The van der Waals surface area contributed by atoms with Crippen molar-refractivity contribution in [1.82, 2.24) is 20.1 Å². The number of carbonyl (C=O) groups is 1. The number of nitrogens with zero attached hydrogens (tertiary/aromatic N) is 3. The molecule has 0 saturated heterocycles. The van der Waals surface area contributed by atoms with E-state index in [0.717, 1.165) is 43.0 Å². The summed E-state index contributed by atoms with van der Waals surface area (Å²) in [6.07, 6.45) is 3.56. The Bertz CT molecular complexity index is 703. The number of fused-ring (bicyclic) bond motifs is 1. The fourth-order valence-corrected chi connectivity index (χ4v) is 3.30. The van der Waals surface area contributed by atoms with Crippen LogP contribution in [-0.4, -0.2) is 20.7 Å². The lowest BCUT2D eigenvalue weighted by atomic mass is 10.0. The number of nitrogens with one attached hydrogen (secondary N) is 1. The summed E-state index contributed by atoms with van der Waals surface area (Å²) in [6, 6.07) is 8.24. The third-order valence-corrected chi connectivity index (χ3v) is 4.43. The second-order valence-corrected chi connectivity index (χ2v) is 7.11. The molecule has 3 rings (SSSR count). The second-order valence-electron chi connectivity index (χ2n) is 7.11. The number of hydrogen-bond donors (Lipinski definition) is 1. The van der Waals surface area contributed by atoms with Crippen LogP contribution in [0.25, 0.3) is 0 Å². The highest BCUT2D eigenvalue weighted by atomic mass is 16.1. The molecule has 0 fully saturated rings. The molecule has 5 nitrogen and oxygen atoms in total. The van der Waals surface area contributed by atoms with Crippen LogP contribution in [-0.2, 0) is 30.6 Å². The summed E-state index contributed by atoms with van der Waals surface area (Å²) in [5, 5.41) is 11.5. The lowest BCUT2D eigenvalue weighted by Gasteiger charge is -2.14. The van der Waals surface area contributed by atoms with Gasteiger partial charge in [0.1, 0.15) is 5.82 Å². The zero-order chi connectivity index (χ0) is 17.1. The highest BCUT2D eigenvalue weighted by Gasteiger charge is 2.22. The van der Waals surface area contributed by atoms with Gasteiger partial charge in [0, 0.05) is 13.0 Å². The lowest BCUT2D eigenvalue weighted by molar-refractivity contribution is -0.121. The standard InChI is InChI=1S/C19H26N4O/c1-13(2)11-15-6-8-16(9-7-15)12-18(24)20-14(3)19-22-21-17-5-4-10-23(17)19/h6-9,13-14H,4-5,10-12H2,1-3H3,(H,20,24)/t14-/m1/s1. The van der Waals surface area contributed by atoms with Crippen molar-refractivity contribution >= 4 is 5.91 Å². The van der Waals surface area contributed by atoms with Crippen LogP contribution in [0.5, 0.6) is 0 Å². The van der Waals surface area contributed by atoms with Gasteiger partial charge in [-0.25, -0.2) is 0 Å². The number of aryl methyl sites for hydroxylation is 1. The number of benzene rings is 1. The van der Waals surface area contributed by atoms with Crippen LogP contribution in [0.1, 0.15) is 56.0 Å². The topological polar surface area (TPSA) is 59.8 Å². The Morgan fingerprint density at radius 3 is 2.58 bits per heavy atom. The summed E-state index contributed by atoms with van der Waals surface area (Å²) in [5.74, 6) is 2.56. The Hall–Kier alpha value is -2.17. The quantitative estimate of drug-likeness (QED) is 0.888. The molecule has 5 heteroatoms. The average Bonchev–Trinajstić information content (AvgIpc) is 3.11. The van der Waals surface area contributed by atoms with Crippen molar-refractivity contribution in [3.63, 3.8) is 0 Å². The van der Waals surface area contributed by atoms with Crippen molar-refractivity contribution < 1.29 is 4.79 Å². The first-order chi connectivity index (χ1) is 11.5. The van der Waals surface area contributed by atoms with Gasteiger partial charge in [0.2, 0.25) is 5.91 Å². The zero-order valence-corrected chi connectivity index (χ0v) is 14.7. The number of rotatable bonds is 6. The first-order valence-corrected chi connectivity index (χ1v) is 8.82. The number of amides is 1. The number of aromatic nitrogens is 3. The lowest BCUT2D eigenvalue weighted by Crippen LogP contribution is -2.30. The van der Waals surface area contributed by atoms with Crippen molar-refractivity contribution in [2.75, 3.05) is 0 Å². The van der Waals surface area contributed by atoms with E-state index in [9.17, 15) is 4.79 Å². The van der Waals surface area contributed by atoms with Gasteiger partial charge in [0.05, 0.1) is 12.5 Å². The predicted molar refractivity (Wildman–Crippen MR) is 93.6 cm³/mol. The molecule has 0 aliphatic carbocycles. The van der Waals surface area contributed by atoms with Crippen molar-refractivity contribution in [3.8, 4) is 0 Å². The van der Waals surface area contributed by atoms with Gasteiger partial charge in [0.25, 0.3) is 0 Å². The molecule has 0 saturated carbocycles. The van der Waals surface area contributed by atoms with E-state index in [1.807, 2.05) is 6.92 Å². The Kier molecular flexibility index (Phi) is 4.97. The fraction of sp³-hybridized carbons (Fsp3) is 0.526. The molecular formula is C19H26N4O. The average molecular weight is 326 g/mol. The second kappa shape index (κ2) is 7.16. The molecule has 1 amide bonds. The fourth-order valence-electron chi connectivity index (χ4n) is 3.30. The van der Waals surface area contributed by atoms with Gasteiger partial charge in [-0.3, -0.25) is 4.79 Å². The summed E-state index contributed by atoms with van der Waals surface area (Å²) >= 11 is 0. The monoisotopic (exact) mass is 326 g/mol. The van der Waals surface area contributed by atoms with E-state index in [0.29, 0.717) is 12.3 Å². The van der Waals surface area contributed by atoms with E-state index in [-0.39, 0.29) is 11.9 Å². The summed E-state index contributed by atoms with van der Waals surface area (Å²) < 4.78 is 2.13. The van der Waals surface area contributed by atoms with Crippen molar-refractivity contribution in [3.05, 3.63) is 47.0 Å². The van der Waals surface area contributed by atoms with Crippen molar-refractivity contribution in [2.45, 2.75) is 59.0 Å². The van der Waals surface area contributed by atoms with E-state index in [4.69, 9.17) is 0 Å². The molecule has 1 aliphatic rings. The summed E-state index contributed by atoms with van der Waals surface area (Å²) in [4.78, 5) is 12.3. The smallest absolute Gasteiger partial charge is 0.224 e. The minimum absolute atomic E-state index is 0.0226. The van der Waals surface area contributed by atoms with Crippen LogP contribution in [0.3, 0.4) is 0 Å². The molecule has 0 bridgehead atoms. The Balaban J connectivity index is 1.57. The Labute approximate surface area is 143 Å². The third kappa shape index (κ3) is 3.83. The molecule has 0 unspecified atom stereocenters. The van der Waals surface area contributed by atoms with E-state index < -0.39 is 0 Å². The van der Waals surface area contributed by atoms with Crippen molar-refractivity contribution in [1.29, 1.82) is 0 Å². The molecule has 1 atom stereocenters. The molecule has 2 aromatic rings. The molecule has 1 aromatic carbocycles. The SMILES string of the molecule is CC(C)Cc1ccc(CC(=O)N[C@H](C)c2nnc3n2CCC3)cc1. The highest BCUT2D eigenvalue weighted by Crippen LogP contribution is 2.19. The van der Waals surface area contributed by atoms with Crippen LogP contribution >= 0.6 is 0 Å². The Morgan fingerprint density at radius 1 is 1.17 bits per heavy atom. The first-order valence-electron chi connectivity index (χ1n) is 8.82. The third-order valence-electron chi connectivity index (χ3n) is 4.43. The molecule has 24 heavy (non-hydrogen) atoms. The van der Waals surface area contributed by atoms with Crippen molar-refractivity contribution in [2.24, 2.45) is 5.92 Å². The minimum atomic E-state index is -0.114. The molecule has 1 aliphatic heterocycles. The summed E-state index contributed by atoms with van der Waals surface area (Å²) in [5.41, 5.74) is 2.36. The minimum Gasteiger partial charge on any atom is -0.346 e.